The number of likely N-dealkylation sites (tertiary alicyclic amines) is 1. The molecule has 0 radical (unpaired) electrons. The number of anilines is 1. The molecule has 6 nitrogen and oxygen atoms in total. The van der Waals surface area contributed by atoms with E-state index < -0.39 is 0 Å². The highest BCUT2D eigenvalue weighted by Crippen LogP contribution is 2.25. The highest BCUT2D eigenvalue weighted by Gasteiger charge is 2.28. The van der Waals surface area contributed by atoms with Crippen molar-refractivity contribution < 1.29 is 9.59 Å². The highest BCUT2D eigenvalue weighted by molar-refractivity contribution is 8.01. The predicted octanol–water partition coefficient (Wildman–Crippen LogP) is 1.60. The lowest BCUT2D eigenvalue weighted by atomic mass is 10.4. The number of aromatic nitrogens is 2. The number of carbonyl (C=O) groups excluding carboxylic acids is 2. The molecular formula is C11H16N4O2S2. The summed E-state index contributed by atoms with van der Waals surface area (Å²) in [7, 11) is 0. The lowest BCUT2D eigenvalue weighted by Crippen LogP contribution is -2.31. The first kappa shape index (κ1) is 14.3. The Morgan fingerprint density at radius 3 is 2.74 bits per heavy atom. The number of amides is 2. The minimum Gasteiger partial charge on any atom is -0.360 e. The van der Waals surface area contributed by atoms with Gasteiger partial charge in [0.2, 0.25) is 16.9 Å². The normalized spacial score (nSPS) is 15.3. The summed E-state index contributed by atoms with van der Waals surface area (Å²) >= 11 is 3.02. The van der Waals surface area contributed by atoms with Crippen molar-refractivity contribution in [1.29, 1.82) is 0 Å². The zero-order chi connectivity index (χ0) is 13.7. The Kier molecular flexibility index (Phi) is 5.15. The van der Waals surface area contributed by atoms with Gasteiger partial charge in [-0.05, 0) is 6.42 Å². The summed E-state index contributed by atoms with van der Waals surface area (Å²) in [5.41, 5.74) is 0. The third kappa shape index (κ3) is 3.90. The second-order valence-corrected chi connectivity index (χ2v) is 6.41. The fourth-order valence-electron chi connectivity index (χ4n) is 1.67. The molecular weight excluding hydrogens is 284 g/mol. The molecule has 2 rings (SSSR count). The number of imide groups is 1. The molecule has 1 aliphatic rings. The van der Waals surface area contributed by atoms with Gasteiger partial charge in [-0.25, -0.2) is 0 Å². The first-order valence-corrected chi connectivity index (χ1v) is 8.04. The standard InChI is InChI=1S/C11H16N4O2S2/c1-2-5-12-10-13-14-11(19-10)18-7-6-15-8(16)3-4-9(15)17/h2-7H2,1H3,(H,12,13). The van der Waals surface area contributed by atoms with Crippen LogP contribution in [0.25, 0.3) is 0 Å². The number of hydrogen-bond acceptors (Lipinski definition) is 7. The van der Waals surface area contributed by atoms with E-state index >= 15 is 0 Å². The van der Waals surface area contributed by atoms with Gasteiger partial charge < -0.3 is 5.32 Å². The Bertz CT molecular complexity index is 447. The molecule has 1 N–H and O–H groups in total. The molecule has 8 heteroatoms. The maximum absolute atomic E-state index is 11.4. The summed E-state index contributed by atoms with van der Waals surface area (Å²) in [6, 6.07) is 0. The second-order valence-electron chi connectivity index (χ2n) is 4.09. The lowest BCUT2D eigenvalue weighted by Gasteiger charge is -2.11. The van der Waals surface area contributed by atoms with Gasteiger partial charge in [-0.3, -0.25) is 14.5 Å². The van der Waals surface area contributed by atoms with Crippen LogP contribution < -0.4 is 5.32 Å². The van der Waals surface area contributed by atoms with Crippen LogP contribution >= 0.6 is 23.1 Å². The van der Waals surface area contributed by atoms with Gasteiger partial charge in [0.05, 0.1) is 0 Å². The van der Waals surface area contributed by atoms with Crippen molar-refractivity contribution in [3.8, 4) is 0 Å². The van der Waals surface area contributed by atoms with Crippen molar-refractivity contribution in [3.63, 3.8) is 0 Å². The molecule has 1 fully saturated rings. The van der Waals surface area contributed by atoms with Crippen molar-refractivity contribution in [2.45, 2.75) is 30.5 Å². The zero-order valence-corrected chi connectivity index (χ0v) is 12.4. The van der Waals surface area contributed by atoms with E-state index in [1.54, 1.807) is 0 Å². The minimum absolute atomic E-state index is 0.0619. The van der Waals surface area contributed by atoms with Gasteiger partial charge in [0, 0.05) is 31.7 Å². The summed E-state index contributed by atoms with van der Waals surface area (Å²) in [5, 5.41) is 12.1. The van der Waals surface area contributed by atoms with E-state index in [1.807, 2.05) is 0 Å². The van der Waals surface area contributed by atoms with E-state index in [9.17, 15) is 9.59 Å². The SMILES string of the molecule is CCCNc1nnc(SCCN2C(=O)CCC2=O)s1. The summed E-state index contributed by atoms with van der Waals surface area (Å²) < 4.78 is 0.859. The molecule has 1 saturated heterocycles. The minimum atomic E-state index is -0.0619. The van der Waals surface area contributed by atoms with Crippen molar-refractivity contribution in [1.82, 2.24) is 15.1 Å². The van der Waals surface area contributed by atoms with E-state index in [1.165, 1.54) is 28.0 Å². The fraction of sp³-hybridized carbons (Fsp3) is 0.636. The topological polar surface area (TPSA) is 75.2 Å². The smallest absolute Gasteiger partial charge is 0.229 e. The van der Waals surface area contributed by atoms with Gasteiger partial charge in [0.25, 0.3) is 0 Å². The summed E-state index contributed by atoms with van der Waals surface area (Å²) in [6.45, 7) is 3.43. The second kappa shape index (κ2) is 6.85. The molecule has 1 aromatic rings. The Labute approximate surface area is 120 Å². The largest absolute Gasteiger partial charge is 0.360 e. The monoisotopic (exact) mass is 300 g/mol. The number of thioether (sulfide) groups is 1. The molecule has 0 aliphatic carbocycles. The third-order valence-corrected chi connectivity index (χ3v) is 4.62. The van der Waals surface area contributed by atoms with Gasteiger partial charge in [-0.2, -0.15) is 0 Å². The zero-order valence-electron chi connectivity index (χ0n) is 10.7. The van der Waals surface area contributed by atoms with Crippen LogP contribution in [0, 0.1) is 0 Å². The molecule has 1 aromatic heterocycles. The van der Waals surface area contributed by atoms with Crippen LogP contribution in [0.1, 0.15) is 26.2 Å². The first-order chi connectivity index (χ1) is 9.20. The van der Waals surface area contributed by atoms with Crippen LogP contribution in [0.4, 0.5) is 5.13 Å². The van der Waals surface area contributed by atoms with Crippen molar-refractivity contribution in [2.24, 2.45) is 0 Å². The molecule has 1 aliphatic heterocycles. The molecule has 0 saturated carbocycles. The van der Waals surface area contributed by atoms with Crippen LogP contribution in [0.3, 0.4) is 0 Å². The quantitative estimate of drug-likeness (QED) is 0.609. The highest BCUT2D eigenvalue weighted by atomic mass is 32.2. The van der Waals surface area contributed by atoms with Crippen LogP contribution in [-0.4, -0.2) is 45.8 Å². The van der Waals surface area contributed by atoms with Gasteiger partial charge in [-0.15, -0.1) is 10.2 Å². The average molecular weight is 300 g/mol. The molecule has 19 heavy (non-hydrogen) atoms. The van der Waals surface area contributed by atoms with E-state index in [0.717, 1.165) is 22.4 Å². The molecule has 2 amide bonds. The van der Waals surface area contributed by atoms with Gasteiger partial charge in [-0.1, -0.05) is 30.0 Å². The molecule has 0 spiro atoms. The Balaban J connectivity index is 1.74. The summed E-state index contributed by atoms with van der Waals surface area (Å²) in [5.74, 6) is 0.543. The predicted molar refractivity (Wildman–Crippen MR) is 75.4 cm³/mol. The van der Waals surface area contributed by atoms with Crippen LogP contribution in [0.15, 0.2) is 4.34 Å². The third-order valence-electron chi connectivity index (χ3n) is 2.63. The maximum Gasteiger partial charge on any atom is 0.229 e. The number of carbonyl (C=O) groups is 2. The summed E-state index contributed by atoms with van der Waals surface area (Å²) in [6.07, 6.45) is 1.75. The van der Waals surface area contributed by atoms with E-state index in [0.29, 0.717) is 25.1 Å². The number of rotatable bonds is 7. The number of nitrogens with one attached hydrogen (secondary N) is 1. The molecule has 104 valence electrons. The van der Waals surface area contributed by atoms with Crippen molar-refractivity contribution >= 4 is 40.0 Å². The molecule has 0 unspecified atom stereocenters. The van der Waals surface area contributed by atoms with Gasteiger partial charge in [0.15, 0.2) is 4.34 Å². The Morgan fingerprint density at radius 1 is 1.32 bits per heavy atom. The molecule has 2 heterocycles. The van der Waals surface area contributed by atoms with E-state index in [2.05, 4.69) is 22.4 Å². The lowest BCUT2D eigenvalue weighted by molar-refractivity contribution is -0.137. The molecule has 0 aromatic carbocycles. The maximum atomic E-state index is 11.4. The fourth-order valence-corrected chi connectivity index (χ4v) is 3.44. The summed E-state index contributed by atoms with van der Waals surface area (Å²) in [4.78, 5) is 24.2. The Morgan fingerprint density at radius 2 is 2.05 bits per heavy atom. The van der Waals surface area contributed by atoms with E-state index in [4.69, 9.17) is 0 Å². The van der Waals surface area contributed by atoms with Crippen LogP contribution in [-0.2, 0) is 9.59 Å². The Hall–Kier alpha value is -1.15. The molecule has 0 atom stereocenters. The number of nitrogens with zero attached hydrogens (tertiary/aromatic N) is 3. The van der Waals surface area contributed by atoms with Crippen LogP contribution in [0.5, 0.6) is 0 Å². The first-order valence-electron chi connectivity index (χ1n) is 6.24. The molecule has 0 bridgehead atoms. The van der Waals surface area contributed by atoms with Crippen molar-refractivity contribution in [3.05, 3.63) is 0 Å². The van der Waals surface area contributed by atoms with Crippen molar-refractivity contribution in [2.75, 3.05) is 24.2 Å². The number of hydrogen-bond donors (Lipinski definition) is 1. The average Bonchev–Trinajstić information content (AvgIpc) is 2.97. The van der Waals surface area contributed by atoms with Gasteiger partial charge >= 0.3 is 0 Å². The van der Waals surface area contributed by atoms with Crippen LogP contribution in [0.2, 0.25) is 0 Å². The van der Waals surface area contributed by atoms with E-state index in [-0.39, 0.29) is 11.8 Å². The van der Waals surface area contributed by atoms with Gasteiger partial charge in [0.1, 0.15) is 0 Å².